The predicted octanol–water partition coefficient (Wildman–Crippen LogP) is 2.59. The second kappa shape index (κ2) is 6.96. The fourth-order valence-corrected chi connectivity index (χ4v) is 1.40. The molecular formula is C12H16F3N3O. The van der Waals surface area contributed by atoms with Gasteiger partial charge in [-0.1, -0.05) is 6.92 Å². The van der Waals surface area contributed by atoms with Gasteiger partial charge in [-0.3, -0.25) is 9.78 Å². The average molecular weight is 275 g/mol. The lowest BCUT2D eigenvalue weighted by Gasteiger charge is -2.11. The van der Waals surface area contributed by atoms with E-state index in [1.54, 1.807) is 6.07 Å². The van der Waals surface area contributed by atoms with E-state index in [-0.39, 0.29) is 5.56 Å². The fourth-order valence-electron chi connectivity index (χ4n) is 1.40. The summed E-state index contributed by atoms with van der Waals surface area (Å²) in [7, 11) is 0. The van der Waals surface area contributed by atoms with Gasteiger partial charge in [0, 0.05) is 25.5 Å². The van der Waals surface area contributed by atoms with Crippen LogP contribution in [0.25, 0.3) is 0 Å². The Balaban J connectivity index is 2.61. The molecule has 0 saturated carbocycles. The van der Waals surface area contributed by atoms with Gasteiger partial charge < -0.3 is 10.6 Å². The summed E-state index contributed by atoms with van der Waals surface area (Å²) in [5.74, 6) is -0.559. The molecule has 0 unspecified atom stereocenters. The number of nitrogens with one attached hydrogen (secondary N) is 2. The molecule has 0 atom stereocenters. The molecule has 0 aliphatic carbocycles. The average Bonchev–Trinajstić information content (AvgIpc) is 2.35. The van der Waals surface area contributed by atoms with Crippen LogP contribution in [-0.4, -0.2) is 30.2 Å². The minimum Gasteiger partial charge on any atom is -0.384 e. The number of aromatic nitrogens is 1. The zero-order valence-electron chi connectivity index (χ0n) is 10.5. The van der Waals surface area contributed by atoms with Gasteiger partial charge in [0.1, 0.15) is 0 Å². The Kier molecular flexibility index (Phi) is 5.59. The number of carbonyl (C=O) groups excluding carboxylic acids is 1. The van der Waals surface area contributed by atoms with Gasteiger partial charge in [-0.25, -0.2) is 0 Å². The Morgan fingerprint density at radius 2 is 2.11 bits per heavy atom. The molecule has 1 amide bonds. The first kappa shape index (κ1) is 15.3. The van der Waals surface area contributed by atoms with Crippen LogP contribution in [0.1, 0.15) is 30.1 Å². The molecule has 0 spiro atoms. The van der Waals surface area contributed by atoms with Crippen molar-refractivity contribution in [2.24, 2.45) is 0 Å². The van der Waals surface area contributed by atoms with E-state index in [1.807, 2.05) is 6.92 Å². The van der Waals surface area contributed by atoms with E-state index in [0.717, 1.165) is 6.42 Å². The third-order valence-corrected chi connectivity index (χ3v) is 2.33. The number of rotatable bonds is 6. The van der Waals surface area contributed by atoms with Crippen molar-refractivity contribution in [3.63, 3.8) is 0 Å². The highest BCUT2D eigenvalue weighted by molar-refractivity contribution is 5.99. The van der Waals surface area contributed by atoms with Crippen LogP contribution < -0.4 is 10.6 Å². The normalized spacial score (nSPS) is 11.2. The number of anilines is 1. The lowest BCUT2D eigenvalue weighted by atomic mass is 10.2. The lowest BCUT2D eigenvalue weighted by molar-refractivity contribution is -0.132. The second-order valence-electron chi connectivity index (χ2n) is 3.97. The Morgan fingerprint density at radius 1 is 1.37 bits per heavy atom. The molecule has 4 nitrogen and oxygen atoms in total. The van der Waals surface area contributed by atoms with Crippen molar-refractivity contribution in [3.8, 4) is 0 Å². The monoisotopic (exact) mass is 275 g/mol. The third kappa shape index (κ3) is 5.58. The smallest absolute Gasteiger partial charge is 0.384 e. The van der Waals surface area contributed by atoms with E-state index < -0.39 is 25.0 Å². The van der Waals surface area contributed by atoms with E-state index in [2.05, 4.69) is 15.6 Å². The lowest BCUT2D eigenvalue weighted by Crippen LogP contribution is -2.28. The van der Waals surface area contributed by atoms with E-state index in [0.29, 0.717) is 12.2 Å². The number of hydrogen-bond acceptors (Lipinski definition) is 3. The molecule has 2 N–H and O–H groups in total. The molecule has 0 aliphatic heterocycles. The van der Waals surface area contributed by atoms with Gasteiger partial charge in [0.25, 0.3) is 5.91 Å². The number of alkyl halides is 3. The minimum absolute atomic E-state index is 0.248. The van der Waals surface area contributed by atoms with Crippen molar-refractivity contribution in [1.82, 2.24) is 10.3 Å². The summed E-state index contributed by atoms with van der Waals surface area (Å²) in [5.41, 5.74) is 0.819. The molecule has 1 aromatic heterocycles. The van der Waals surface area contributed by atoms with Crippen LogP contribution in [0.4, 0.5) is 18.9 Å². The van der Waals surface area contributed by atoms with Crippen molar-refractivity contribution in [3.05, 3.63) is 24.0 Å². The van der Waals surface area contributed by atoms with Gasteiger partial charge in [-0.2, -0.15) is 13.2 Å². The van der Waals surface area contributed by atoms with Gasteiger partial charge in [0.05, 0.1) is 17.7 Å². The van der Waals surface area contributed by atoms with E-state index in [9.17, 15) is 18.0 Å². The first-order valence-corrected chi connectivity index (χ1v) is 5.97. The quantitative estimate of drug-likeness (QED) is 0.839. The van der Waals surface area contributed by atoms with E-state index in [4.69, 9.17) is 0 Å². The maximum Gasteiger partial charge on any atom is 0.390 e. The molecule has 0 saturated heterocycles. The fraction of sp³-hybridized carbons (Fsp3) is 0.500. The molecular weight excluding hydrogens is 259 g/mol. The summed E-state index contributed by atoms with van der Waals surface area (Å²) < 4.78 is 35.9. The molecule has 0 aromatic carbocycles. The molecule has 1 rings (SSSR count). The summed E-state index contributed by atoms with van der Waals surface area (Å²) in [6, 6.07) is 1.62. The van der Waals surface area contributed by atoms with E-state index >= 15 is 0 Å². The largest absolute Gasteiger partial charge is 0.390 e. The van der Waals surface area contributed by atoms with Gasteiger partial charge in [-0.15, -0.1) is 0 Å². The van der Waals surface area contributed by atoms with Crippen molar-refractivity contribution in [2.45, 2.75) is 25.9 Å². The van der Waals surface area contributed by atoms with Gasteiger partial charge in [0.2, 0.25) is 0 Å². The molecule has 7 heteroatoms. The van der Waals surface area contributed by atoms with Crippen LogP contribution in [0.3, 0.4) is 0 Å². The molecule has 1 aromatic rings. The summed E-state index contributed by atoms with van der Waals surface area (Å²) in [5, 5.41) is 5.26. The van der Waals surface area contributed by atoms with Crippen LogP contribution in [-0.2, 0) is 0 Å². The number of hydrogen-bond donors (Lipinski definition) is 2. The molecule has 0 radical (unpaired) electrons. The van der Waals surface area contributed by atoms with Crippen molar-refractivity contribution in [2.75, 3.05) is 18.4 Å². The van der Waals surface area contributed by atoms with Gasteiger partial charge in [0.15, 0.2) is 0 Å². The minimum atomic E-state index is -4.27. The first-order valence-electron chi connectivity index (χ1n) is 5.97. The maximum absolute atomic E-state index is 12.0. The summed E-state index contributed by atoms with van der Waals surface area (Å²) >= 11 is 0. The topological polar surface area (TPSA) is 54.0 Å². The van der Waals surface area contributed by atoms with Gasteiger partial charge >= 0.3 is 6.18 Å². The van der Waals surface area contributed by atoms with Crippen LogP contribution in [0.5, 0.6) is 0 Å². The van der Waals surface area contributed by atoms with Crippen molar-refractivity contribution < 1.29 is 18.0 Å². The zero-order chi connectivity index (χ0) is 14.3. The number of halogens is 3. The van der Waals surface area contributed by atoms with Crippen molar-refractivity contribution in [1.29, 1.82) is 0 Å². The molecule has 106 valence electrons. The molecule has 1 heterocycles. The maximum atomic E-state index is 12.0. The second-order valence-corrected chi connectivity index (χ2v) is 3.97. The van der Waals surface area contributed by atoms with E-state index in [1.165, 1.54) is 12.4 Å². The molecule has 19 heavy (non-hydrogen) atoms. The summed E-state index contributed by atoms with van der Waals surface area (Å²) in [4.78, 5) is 15.6. The summed E-state index contributed by atoms with van der Waals surface area (Å²) in [6.45, 7) is 2.20. The number of pyridine rings is 1. The molecule has 0 bridgehead atoms. The molecule has 0 aliphatic rings. The Bertz CT molecular complexity index is 421. The molecule has 0 fully saturated rings. The Morgan fingerprint density at radius 3 is 2.74 bits per heavy atom. The highest BCUT2D eigenvalue weighted by Gasteiger charge is 2.26. The Hall–Kier alpha value is -1.79. The SMILES string of the molecule is CCCNc1ccncc1C(=O)NCCC(F)(F)F. The number of amides is 1. The first-order chi connectivity index (χ1) is 8.94. The number of nitrogens with zero attached hydrogens (tertiary/aromatic N) is 1. The summed E-state index contributed by atoms with van der Waals surface area (Å²) in [6.07, 6.45) is -1.59. The van der Waals surface area contributed by atoms with Crippen LogP contribution in [0.2, 0.25) is 0 Å². The van der Waals surface area contributed by atoms with Crippen LogP contribution in [0.15, 0.2) is 18.5 Å². The third-order valence-electron chi connectivity index (χ3n) is 2.33. The predicted molar refractivity (Wildman–Crippen MR) is 66.0 cm³/mol. The zero-order valence-corrected chi connectivity index (χ0v) is 10.5. The standard InChI is InChI=1S/C12H16F3N3O/c1-2-5-17-10-3-6-16-8-9(10)11(19)18-7-4-12(13,14)15/h3,6,8H,2,4-5,7H2,1H3,(H,16,17)(H,18,19). The van der Waals surface area contributed by atoms with Crippen LogP contribution >= 0.6 is 0 Å². The van der Waals surface area contributed by atoms with Crippen molar-refractivity contribution >= 4 is 11.6 Å². The number of carbonyl (C=O) groups is 1. The van der Waals surface area contributed by atoms with Gasteiger partial charge in [-0.05, 0) is 12.5 Å². The Labute approximate surface area is 109 Å². The van der Waals surface area contributed by atoms with Crippen LogP contribution in [0, 0.1) is 0 Å². The highest BCUT2D eigenvalue weighted by atomic mass is 19.4. The highest BCUT2D eigenvalue weighted by Crippen LogP contribution is 2.18.